The number of hydrogen-bond acceptors (Lipinski definition) is 6. The van der Waals surface area contributed by atoms with E-state index >= 15 is 0 Å². The molecular formula is C10H8BrN5O. The maximum absolute atomic E-state index is 8.95. The molecule has 7 heteroatoms. The summed E-state index contributed by atoms with van der Waals surface area (Å²) in [6.45, 7) is 3.40. The van der Waals surface area contributed by atoms with Crippen molar-refractivity contribution in [1.29, 1.82) is 5.26 Å². The fraction of sp³-hybridized carbons (Fsp3) is 0.300. The second-order valence-corrected chi connectivity index (χ2v) is 4.80. The van der Waals surface area contributed by atoms with Gasteiger partial charge in [0.2, 0.25) is 17.5 Å². The lowest BCUT2D eigenvalue weighted by Crippen LogP contribution is -2.14. The van der Waals surface area contributed by atoms with Crippen molar-refractivity contribution in [3.05, 3.63) is 22.8 Å². The molecule has 0 unspecified atom stereocenters. The summed E-state index contributed by atoms with van der Waals surface area (Å²) in [4.78, 5) is 12.2. The van der Waals surface area contributed by atoms with Crippen LogP contribution < -0.4 is 0 Å². The smallest absolute Gasteiger partial charge is 0.246 e. The predicted octanol–water partition coefficient (Wildman–Crippen LogP) is 2.09. The van der Waals surface area contributed by atoms with Gasteiger partial charge in [-0.25, -0.2) is 9.97 Å². The van der Waals surface area contributed by atoms with Crippen LogP contribution >= 0.6 is 15.9 Å². The number of aromatic nitrogens is 4. The lowest BCUT2D eigenvalue weighted by atomic mass is 9.96. The normalized spacial score (nSPS) is 11.2. The zero-order valence-electron chi connectivity index (χ0n) is 9.18. The molecule has 0 saturated carbocycles. The van der Waals surface area contributed by atoms with E-state index in [4.69, 9.17) is 9.78 Å². The van der Waals surface area contributed by atoms with E-state index in [9.17, 15) is 0 Å². The van der Waals surface area contributed by atoms with E-state index in [-0.39, 0.29) is 11.7 Å². The topological polar surface area (TPSA) is 88.5 Å². The Balaban J connectivity index is 2.37. The third-order valence-electron chi connectivity index (χ3n) is 2.06. The molecule has 0 aliphatic rings. The number of rotatable bonds is 2. The highest BCUT2D eigenvalue weighted by atomic mass is 79.9. The third kappa shape index (κ3) is 2.31. The predicted molar refractivity (Wildman–Crippen MR) is 61.7 cm³/mol. The molecule has 6 nitrogen and oxygen atoms in total. The maximum atomic E-state index is 8.95. The van der Waals surface area contributed by atoms with Gasteiger partial charge in [-0.15, -0.1) is 0 Å². The van der Waals surface area contributed by atoms with Crippen LogP contribution in [0.25, 0.3) is 11.6 Å². The van der Waals surface area contributed by atoms with Crippen LogP contribution in [0.4, 0.5) is 0 Å². The first-order chi connectivity index (χ1) is 8.03. The summed E-state index contributed by atoms with van der Waals surface area (Å²) in [5.74, 6) is 0.884. The fourth-order valence-corrected chi connectivity index (χ4v) is 1.25. The van der Waals surface area contributed by atoms with Gasteiger partial charge in [0.1, 0.15) is 5.41 Å². The van der Waals surface area contributed by atoms with Gasteiger partial charge in [-0.2, -0.15) is 10.2 Å². The highest BCUT2D eigenvalue weighted by Crippen LogP contribution is 2.22. The van der Waals surface area contributed by atoms with E-state index in [1.807, 2.05) is 0 Å². The van der Waals surface area contributed by atoms with Crippen LogP contribution in [-0.4, -0.2) is 20.1 Å². The third-order valence-corrected chi connectivity index (χ3v) is 2.47. The molecule has 0 radical (unpaired) electrons. The molecule has 0 saturated heterocycles. The minimum Gasteiger partial charge on any atom is -0.337 e. The maximum Gasteiger partial charge on any atom is 0.246 e. The molecule has 86 valence electrons. The van der Waals surface area contributed by atoms with Crippen molar-refractivity contribution in [2.75, 3.05) is 0 Å². The Kier molecular flexibility index (Phi) is 2.90. The average Bonchev–Trinajstić information content (AvgIpc) is 2.80. The van der Waals surface area contributed by atoms with Crippen molar-refractivity contribution >= 4 is 15.9 Å². The van der Waals surface area contributed by atoms with Crippen LogP contribution in [0.15, 0.2) is 21.4 Å². The van der Waals surface area contributed by atoms with E-state index in [0.29, 0.717) is 5.82 Å². The zero-order chi connectivity index (χ0) is 12.5. The molecule has 0 fully saturated rings. The Bertz CT molecular complexity index is 569. The highest BCUT2D eigenvalue weighted by Gasteiger charge is 2.28. The van der Waals surface area contributed by atoms with Crippen LogP contribution in [0.5, 0.6) is 0 Å². The molecule has 0 N–H and O–H groups in total. The van der Waals surface area contributed by atoms with E-state index in [1.54, 1.807) is 26.2 Å². The van der Waals surface area contributed by atoms with Crippen molar-refractivity contribution in [2.24, 2.45) is 0 Å². The molecule has 2 rings (SSSR count). The summed E-state index contributed by atoms with van der Waals surface area (Å²) in [7, 11) is 0. The van der Waals surface area contributed by atoms with Gasteiger partial charge < -0.3 is 4.52 Å². The molecule has 2 heterocycles. The molecule has 17 heavy (non-hydrogen) atoms. The van der Waals surface area contributed by atoms with Crippen molar-refractivity contribution in [3.63, 3.8) is 0 Å². The van der Waals surface area contributed by atoms with E-state index in [2.05, 4.69) is 42.1 Å². The van der Waals surface area contributed by atoms with Gasteiger partial charge in [0.25, 0.3) is 0 Å². The van der Waals surface area contributed by atoms with Crippen LogP contribution in [-0.2, 0) is 5.41 Å². The summed E-state index contributed by atoms with van der Waals surface area (Å²) >= 11 is 3.23. The SMILES string of the molecule is CC(C)(C#N)c1nc(-c2ncc(Br)cn2)no1. The first-order valence-electron chi connectivity index (χ1n) is 4.76. The standard InChI is InChI=1S/C10H8BrN5O/c1-10(2,5-12)9-15-8(16-17-9)7-13-3-6(11)4-14-7/h3-4H,1-2H3. The van der Waals surface area contributed by atoms with Crippen molar-refractivity contribution in [2.45, 2.75) is 19.3 Å². The van der Waals surface area contributed by atoms with Crippen molar-refractivity contribution in [3.8, 4) is 17.7 Å². The molecule has 0 atom stereocenters. The zero-order valence-corrected chi connectivity index (χ0v) is 10.8. The molecule has 0 aliphatic heterocycles. The highest BCUT2D eigenvalue weighted by molar-refractivity contribution is 9.10. The fourth-order valence-electron chi connectivity index (χ4n) is 1.04. The second kappa shape index (κ2) is 4.22. The van der Waals surface area contributed by atoms with E-state index < -0.39 is 5.41 Å². The van der Waals surface area contributed by atoms with Crippen LogP contribution in [0.2, 0.25) is 0 Å². The largest absolute Gasteiger partial charge is 0.337 e. The average molecular weight is 294 g/mol. The van der Waals surface area contributed by atoms with Crippen molar-refractivity contribution in [1.82, 2.24) is 20.1 Å². The Morgan fingerprint density at radius 2 is 1.94 bits per heavy atom. The van der Waals surface area contributed by atoms with Crippen LogP contribution in [0.3, 0.4) is 0 Å². The Morgan fingerprint density at radius 1 is 1.29 bits per heavy atom. The van der Waals surface area contributed by atoms with Gasteiger partial charge >= 0.3 is 0 Å². The molecular weight excluding hydrogens is 286 g/mol. The molecule has 0 spiro atoms. The van der Waals surface area contributed by atoms with Gasteiger partial charge in [0.15, 0.2) is 0 Å². The number of halogens is 1. The molecule has 2 aromatic heterocycles. The van der Waals surface area contributed by atoms with Crippen molar-refractivity contribution < 1.29 is 4.52 Å². The van der Waals surface area contributed by atoms with Gasteiger partial charge in [-0.3, -0.25) is 0 Å². The second-order valence-electron chi connectivity index (χ2n) is 3.88. The number of nitrogens with zero attached hydrogens (tertiary/aromatic N) is 5. The monoisotopic (exact) mass is 293 g/mol. The summed E-state index contributed by atoms with van der Waals surface area (Å²) in [5.41, 5.74) is -0.819. The van der Waals surface area contributed by atoms with Gasteiger partial charge in [0.05, 0.1) is 10.5 Å². The molecule has 0 bridgehead atoms. The number of nitriles is 1. The van der Waals surface area contributed by atoms with Gasteiger partial charge in [-0.05, 0) is 29.8 Å². The van der Waals surface area contributed by atoms with Gasteiger partial charge in [0, 0.05) is 12.4 Å². The summed E-state index contributed by atoms with van der Waals surface area (Å²) < 4.78 is 5.80. The molecule has 0 aromatic carbocycles. The lowest BCUT2D eigenvalue weighted by Gasteiger charge is -2.06. The summed E-state index contributed by atoms with van der Waals surface area (Å²) in [6, 6.07) is 2.09. The Morgan fingerprint density at radius 3 is 2.53 bits per heavy atom. The summed E-state index contributed by atoms with van der Waals surface area (Å²) in [5, 5.41) is 12.7. The molecule has 0 amide bonds. The number of hydrogen-bond donors (Lipinski definition) is 0. The van der Waals surface area contributed by atoms with E-state index in [0.717, 1.165) is 4.47 Å². The Hall–Kier alpha value is -1.81. The molecule has 2 aromatic rings. The molecule has 0 aliphatic carbocycles. The minimum absolute atomic E-state index is 0.251. The Labute approximate surface area is 106 Å². The first-order valence-corrected chi connectivity index (χ1v) is 5.55. The minimum atomic E-state index is -0.819. The quantitative estimate of drug-likeness (QED) is 0.842. The first kappa shape index (κ1) is 11.7. The van der Waals surface area contributed by atoms with Gasteiger partial charge in [-0.1, -0.05) is 5.16 Å². The van der Waals surface area contributed by atoms with E-state index in [1.165, 1.54) is 0 Å². The van der Waals surface area contributed by atoms with Crippen LogP contribution in [0.1, 0.15) is 19.7 Å². The van der Waals surface area contributed by atoms with Crippen LogP contribution in [0, 0.1) is 11.3 Å². The lowest BCUT2D eigenvalue weighted by molar-refractivity contribution is 0.340. The summed E-state index contributed by atoms with van der Waals surface area (Å²) in [6.07, 6.45) is 3.18.